The van der Waals surface area contributed by atoms with Gasteiger partial charge in [-0.25, -0.2) is 4.39 Å². The van der Waals surface area contributed by atoms with Crippen LogP contribution in [0.2, 0.25) is 0 Å². The van der Waals surface area contributed by atoms with Crippen molar-refractivity contribution in [2.24, 2.45) is 0 Å². The summed E-state index contributed by atoms with van der Waals surface area (Å²) < 4.78 is 13.5. The van der Waals surface area contributed by atoms with E-state index in [9.17, 15) is 9.18 Å². The normalized spacial score (nSPS) is 10.7. The highest BCUT2D eigenvalue weighted by atomic mass is 19.1. The third-order valence-electron chi connectivity index (χ3n) is 3.39. The molecule has 0 bridgehead atoms. The lowest BCUT2D eigenvalue weighted by Crippen LogP contribution is -2.26. The number of halogens is 1. The number of nitrogens with one attached hydrogen (secondary N) is 1. The van der Waals surface area contributed by atoms with Crippen molar-refractivity contribution in [3.8, 4) is 0 Å². The molecule has 0 spiro atoms. The van der Waals surface area contributed by atoms with Crippen LogP contribution in [0.4, 0.5) is 4.39 Å². The number of amides is 1. The van der Waals surface area contributed by atoms with Gasteiger partial charge in [-0.1, -0.05) is 42.5 Å². The second kappa shape index (κ2) is 7.71. The summed E-state index contributed by atoms with van der Waals surface area (Å²) in [5.74, 6) is -0.518. The number of nitrogens with zero attached hydrogens (tertiary/aromatic N) is 1. The van der Waals surface area contributed by atoms with Crippen molar-refractivity contribution in [1.29, 1.82) is 0 Å². The van der Waals surface area contributed by atoms with Gasteiger partial charge in [0.25, 0.3) is 0 Å². The maximum atomic E-state index is 13.5. The molecular weight excluding hydrogens is 279 g/mol. The topological polar surface area (TPSA) is 32.3 Å². The molecule has 116 valence electrons. The number of carbonyl (C=O) groups is 1. The number of benzene rings is 2. The molecule has 0 aromatic heterocycles. The van der Waals surface area contributed by atoms with Crippen LogP contribution >= 0.6 is 0 Å². The molecule has 0 fully saturated rings. The lowest BCUT2D eigenvalue weighted by molar-refractivity contribution is -0.120. The molecule has 2 aromatic rings. The molecule has 0 saturated carbocycles. The van der Waals surface area contributed by atoms with Gasteiger partial charge in [-0.2, -0.15) is 0 Å². The summed E-state index contributed by atoms with van der Waals surface area (Å²) in [5.41, 5.74) is 2.68. The molecule has 2 aromatic carbocycles. The molecule has 22 heavy (non-hydrogen) atoms. The Morgan fingerprint density at radius 3 is 2.23 bits per heavy atom. The highest BCUT2D eigenvalue weighted by molar-refractivity contribution is 5.78. The number of hydrogen-bond acceptors (Lipinski definition) is 2. The van der Waals surface area contributed by atoms with Gasteiger partial charge in [0.2, 0.25) is 5.91 Å². The fourth-order valence-corrected chi connectivity index (χ4v) is 2.30. The Morgan fingerprint density at radius 2 is 1.59 bits per heavy atom. The minimum absolute atomic E-state index is 0.0581. The lowest BCUT2D eigenvalue weighted by atomic mass is 10.1. The first-order valence-electron chi connectivity index (χ1n) is 7.28. The standard InChI is InChI=1S/C18H21FN2O/c1-21(2)13-16-9-4-3-8-15(16)12-20-18(22)11-14-7-5-6-10-17(14)19/h3-10H,11-13H2,1-2H3,(H,20,22). The first-order chi connectivity index (χ1) is 10.6. The number of carbonyl (C=O) groups excluding carboxylic acids is 1. The fraction of sp³-hybridized carbons (Fsp3) is 0.278. The first-order valence-corrected chi connectivity index (χ1v) is 7.28. The van der Waals surface area contributed by atoms with Gasteiger partial charge in [-0.15, -0.1) is 0 Å². The van der Waals surface area contributed by atoms with Crippen molar-refractivity contribution < 1.29 is 9.18 Å². The Labute approximate surface area is 130 Å². The Balaban J connectivity index is 1.95. The SMILES string of the molecule is CN(C)Cc1ccccc1CNC(=O)Cc1ccccc1F. The van der Waals surface area contributed by atoms with E-state index in [1.165, 1.54) is 11.6 Å². The minimum Gasteiger partial charge on any atom is -0.352 e. The van der Waals surface area contributed by atoms with E-state index in [0.717, 1.165) is 12.1 Å². The number of rotatable bonds is 6. The van der Waals surface area contributed by atoms with Gasteiger partial charge in [0.15, 0.2) is 0 Å². The zero-order valence-corrected chi connectivity index (χ0v) is 13.0. The second-order valence-electron chi connectivity index (χ2n) is 5.55. The van der Waals surface area contributed by atoms with Crippen LogP contribution in [0.1, 0.15) is 16.7 Å². The molecule has 1 amide bonds. The molecule has 4 heteroatoms. The quantitative estimate of drug-likeness (QED) is 0.889. The van der Waals surface area contributed by atoms with Crippen LogP contribution < -0.4 is 5.32 Å². The molecule has 0 heterocycles. The third kappa shape index (κ3) is 4.67. The third-order valence-corrected chi connectivity index (χ3v) is 3.39. The molecule has 0 aliphatic rings. The predicted octanol–water partition coefficient (Wildman–Crippen LogP) is 2.75. The molecule has 0 atom stereocenters. The van der Waals surface area contributed by atoms with Crippen LogP contribution in [0.5, 0.6) is 0 Å². The van der Waals surface area contributed by atoms with Gasteiger partial charge < -0.3 is 10.2 Å². The average Bonchev–Trinajstić information content (AvgIpc) is 2.48. The lowest BCUT2D eigenvalue weighted by Gasteiger charge is -2.14. The van der Waals surface area contributed by atoms with Crippen molar-refractivity contribution in [3.05, 3.63) is 71.0 Å². The monoisotopic (exact) mass is 300 g/mol. The Morgan fingerprint density at radius 1 is 1.00 bits per heavy atom. The van der Waals surface area contributed by atoms with Crippen LogP contribution in [-0.2, 0) is 24.3 Å². The van der Waals surface area contributed by atoms with E-state index in [1.807, 2.05) is 32.3 Å². The van der Waals surface area contributed by atoms with Crippen LogP contribution in [0.3, 0.4) is 0 Å². The van der Waals surface area contributed by atoms with Gasteiger partial charge in [0, 0.05) is 13.1 Å². The summed E-state index contributed by atoms with van der Waals surface area (Å²) in [7, 11) is 4.01. The van der Waals surface area contributed by atoms with E-state index in [4.69, 9.17) is 0 Å². The van der Waals surface area contributed by atoms with Crippen LogP contribution in [-0.4, -0.2) is 24.9 Å². The van der Waals surface area contributed by atoms with Crippen molar-refractivity contribution >= 4 is 5.91 Å². The highest BCUT2D eigenvalue weighted by Gasteiger charge is 2.09. The van der Waals surface area contributed by atoms with E-state index >= 15 is 0 Å². The summed E-state index contributed by atoms with van der Waals surface area (Å²) in [5, 5.41) is 2.86. The Kier molecular flexibility index (Phi) is 5.67. The maximum Gasteiger partial charge on any atom is 0.224 e. The molecule has 2 rings (SSSR count). The summed E-state index contributed by atoms with van der Waals surface area (Å²) in [4.78, 5) is 14.1. The van der Waals surface area contributed by atoms with Crippen molar-refractivity contribution in [2.45, 2.75) is 19.5 Å². The van der Waals surface area contributed by atoms with E-state index < -0.39 is 0 Å². The van der Waals surface area contributed by atoms with Gasteiger partial charge in [0.05, 0.1) is 6.42 Å². The van der Waals surface area contributed by atoms with Crippen molar-refractivity contribution in [1.82, 2.24) is 10.2 Å². The molecule has 0 saturated heterocycles. The number of hydrogen-bond donors (Lipinski definition) is 1. The molecule has 1 N–H and O–H groups in total. The van der Waals surface area contributed by atoms with Gasteiger partial charge in [0.1, 0.15) is 5.82 Å². The minimum atomic E-state index is -0.342. The second-order valence-corrected chi connectivity index (χ2v) is 5.55. The van der Waals surface area contributed by atoms with Crippen LogP contribution in [0.25, 0.3) is 0 Å². The van der Waals surface area contributed by atoms with Gasteiger partial charge in [-0.3, -0.25) is 4.79 Å². The Bertz CT molecular complexity index is 640. The molecule has 0 unspecified atom stereocenters. The van der Waals surface area contributed by atoms with E-state index in [-0.39, 0.29) is 18.1 Å². The summed E-state index contributed by atoms with van der Waals surface area (Å²) in [6, 6.07) is 14.4. The smallest absolute Gasteiger partial charge is 0.224 e. The molecule has 3 nitrogen and oxygen atoms in total. The zero-order valence-electron chi connectivity index (χ0n) is 13.0. The summed E-state index contributed by atoms with van der Waals surface area (Å²) in [6.45, 7) is 1.27. The molecular formula is C18H21FN2O. The van der Waals surface area contributed by atoms with Crippen molar-refractivity contribution in [3.63, 3.8) is 0 Å². The predicted molar refractivity (Wildman–Crippen MR) is 85.8 cm³/mol. The average molecular weight is 300 g/mol. The maximum absolute atomic E-state index is 13.5. The van der Waals surface area contributed by atoms with Gasteiger partial charge >= 0.3 is 0 Å². The zero-order chi connectivity index (χ0) is 15.9. The van der Waals surface area contributed by atoms with Crippen molar-refractivity contribution in [2.75, 3.05) is 14.1 Å². The Hall–Kier alpha value is -2.20. The van der Waals surface area contributed by atoms with E-state index in [1.54, 1.807) is 18.2 Å². The molecule has 0 aliphatic heterocycles. The largest absolute Gasteiger partial charge is 0.352 e. The molecule has 0 radical (unpaired) electrons. The fourth-order valence-electron chi connectivity index (χ4n) is 2.30. The van der Waals surface area contributed by atoms with E-state index in [0.29, 0.717) is 12.1 Å². The highest BCUT2D eigenvalue weighted by Crippen LogP contribution is 2.11. The first kappa shape index (κ1) is 16.2. The summed E-state index contributed by atoms with van der Waals surface area (Å²) >= 11 is 0. The molecule has 0 aliphatic carbocycles. The van der Waals surface area contributed by atoms with Crippen LogP contribution in [0.15, 0.2) is 48.5 Å². The van der Waals surface area contributed by atoms with E-state index in [2.05, 4.69) is 16.3 Å². The summed E-state index contributed by atoms with van der Waals surface area (Å²) in [6.07, 6.45) is 0.0581. The van der Waals surface area contributed by atoms with Crippen LogP contribution in [0, 0.1) is 5.82 Å². The van der Waals surface area contributed by atoms with Gasteiger partial charge in [-0.05, 0) is 36.9 Å².